The van der Waals surface area contributed by atoms with E-state index in [1.165, 1.54) is 29.7 Å². The predicted octanol–water partition coefficient (Wildman–Crippen LogP) is 1.69. The Morgan fingerprint density at radius 1 is 1.18 bits per heavy atom. The summed E-state index contributed by atoms with van der Waals surface area (Å²) >= 11 is 0. The zero-order valence-corrected chi connectivity index (χ0v) is 15.3. The van der Waals surface area contributed by atoms with E-state index >= 15 is 0 Å². The van der Waals surface area contributed by atoms with Gasteiger partial charge in [0.05, 0.1) is 23.4 Å². The van der Waals surface area contributed by atoms with Crippen LogP contribution in [0.2, 0.25) is 0 Å². The van der Waals surface area contributed by atoms with E-state index in [1.54, 1.807) is 18.3 Å². The molecule has 0 aliphatic carbocycles. The first-order valence-corrected chi connectivity index (χ1v) is 8.89. The van der Waals surface area contributed by atoms with Crippen LogP contribution in [0.3, 0.4) is 0 Å². The minimum atomic E-state index is -0.518. The maximum absolute atomic E-state index is 12.7. The van der Waals surface area contributed by atoms with Gasteiger partial charge in [0.2, 0.25) is 0 Å². The molecule has 3 heterocycles. The van der Waals surface area contributed by atoms with Crippen LogP contribution in [-0.4, -0.2) is 47.6 Å². The van der Waals surface area contributed by atoms with Gasteiger partial charge in [-0.05, 0) is 24.3 Å². The third-order valence-electron chi connectivity index (χ3n) is 4.80. The van der Waals surface area contributed by atoms with Crippen LogP contribution in [-0.2, 0) is 0 Å². The molecule has 28 heavy (non-hydrogen) atoms. The molecule has 0 amide bonds. The summed E-state index contributed by atoms with van der Waals surface area (Å²) in [6, 6.07) is 9.64. The lowest BCUT2D eigenvalue weighted by Crippen LogP contribution is -2.43. The van der Waals surface area contributed by atoms with Gasteiger partial charge in [0.25, 0.3) is 5.56 Å². The molecule has 0 unspecified atom stereocenters. The summed E-state index contributed by atoms with van der Waals surface area (Å²) in [5, 5.41) is 14.6. The molecule has 2 aromatic heterocycles. The van der Waals surface area contributed by atoms with Gasteiger partial charge in [-0.3, -0.25) is 19.3 Å². The highest BCUT2D eigenvalue weighted by Gasteiger charge is 2.17. The Hall–Kier alpha value is -3.46. The molecule has 0 radical (unpaired) electrons. The summed E-state index contributed by atoms with van der Waals surface area (Å²) in [4.78, 5) is 30.2. The second kappa shape index (κ2) is 7.28. The van der Waals surface area contributed by atoms with Crippen molar-refractivity contribution in [1.82, 2.24) is 14.7 Å². The first-order chi connectivity index (χ1) is 13.6. The number of piperazine rings is 1. The Morgan fingerprint density at radius 2 is 1.96 bits per heavy atom. The van der Waals surface area contributed by atoms with Gasteiger partial charge >= 0.3 is 5.69 Å². The molecular formula is C19H19N5O4. The number of nitrogens with one attached hydrogen (secondary N) is 1. The number of anilines is 1. The highest BCUT2D eigenvalue weighted by molar-refractivity contribution is 5.67. The lowest BCUT2D eigenvalue weighted by molar-refractivity contribution is -0.385. The molecule has 0 bridgehead atoms. The van der Waals surface area contributed by atoms with Crippen molar-refractivity contribution in [3.05, 3.63) is 63.1 Å². The third kappa shape index (κ3) is 3.27. The highest BCUT2D eigenvalue weighted by Crippen LogP contribution is 2.31. The maximum atomic E-state index is 12.7. The van der Waals surface area contributed by atoms with Gasteiger partial charge in [0.15, 0.2) is 5.75 Å². The Labute approximate surface area is 160 Å². The summed E-state index contributed by atoms with van der Waals surface area (Å²) in [5.41, 5.74) is 1.90. The second-order valence-corrected chi connectivity index (χ2v) is 6.48. The van der Waals surface area contributed by atoms with E-state index in [1.807, 2.05) is 6.07 Å². The van der Waals surface area contributed by atoms with Gasteiger partial charge in [0.1, 0.15) is 5.65 Å². The van der Waals surface area contributed by atoms with Crippen molar-refractivity contribution in [3.8, 4) is 17.0 Å². The molecule has 1 fully saturated rings. The third-order valence-corrected chi connectivity index (χ3v) is 4.80. The molecule has 1 aliphatic heterocycles. The molecule has 144 valence electrons. The number of ether oxygens (including phenoxy) is 1. The van der Waals surface area contributed by atoms with Gasteiger partial charge in [-0.2, -0.15) is 0 Å². The standard InChI is InChI=1S/C19H19N5O4/c1-28-17-4-2-13(10-16(17)24(26)27)15-11-19(25)23-12-14(3-5-18(23)21-15)22-8-6-20-7-9-22/h2-5,10-12,20H,6-9H2,1H3. The van der Waals surface area contributed by atoms with Gasteiger partial charge in [-0.25, -0.2) is 4.98 Å². The number of hydrogen-bond donors (Lipinski definition) is 1. The fourth-order valence-corrected chi connectivity index (χ4v) is 3.34. The van der Waals surface area contributed by atoms with Crippen molar-refractivity contribution in [3.63, 3.8) is 0 Å². The molecule has 1 N–H and O–H groups in total. The predicted molar refractivity (Wildman–Crippen MR) is 105 cm³/mol. The number of nitro groups is 1. The monoisotopic (exact) mass is 381 g/mol. The summed E-state index contributed by atoms with van der Waals surface area (Å²) < 4.78 is 6.52. The average Bonchev–Trinajstić information content (AvgIpc) is 2.73. The smallest absolute Gasteiger partial charge is 0.311 e. The fourth-order valence-electron chi connectivity index (χ4n) is 3.34. The van der Waals surface area contributed by atoms with E-state index in [0.29, 0.717) is 16.9 Å². The zero-order valence-electron chi connectivity index (χ0n) is 15.3. The molecule has 3 aromatic rings. The number of nitrogens with zero attached hydrogens (tertiary/aromatic N) is 4. The summed E-state index contributed by atoms with van der Waals surface area (Å²) in [6.07, 6.45) is 1.79. The van der Waals surface area contributed by atoms with Gasteiger partial charge in [-0.1, -0.05) is 0 Å². The van der Waals surface area contributed by atoms with E-state index in [2.05, 4.69) is 15.2 Å². The van der Waals surface area contributed by atoms with E-state index in [-0.39, 0.29) is 17.0 Å². The van der Waals surface area contributed by atoms with Gasteiger partial charge in [-0.15, -0.1) is 0 Å². The quantitative estimate of drug-likeness (QED) is 0.542. The van der Waals surface area contributed by atoms with Crippen molar-refractivity contribution in [2.45, 2.75) is 0 Å². The van der Waals surface area contributed by atoms with Crippen molar-refractivity contribution >= 4 is 17.0 Å². The number of rotatable bonds is 4. The van der Waals surface area contributed by atoms with Crippen LogP contribution in [0.15, 0.2) is 47.4 Å². The van der Waals surface area contributed by atoms with Crippen LogP contribution in [0.5, 0.6) is 5.75 Å². The van der Waals surface area contributed by atoms with E-state index < -0.39 is 4.92 Å². The SMILES string of the molecule is COc1ccc(-c2cc(=O)n3cc(N4CCNCC4)ccc3n2)cc1[N+](=O)[O-]. The lowest BCUT2D eigenvalue weighted by atomic mass is 10.1. The van der Waals surface area contributed by atoms with Crippen LogP contribution in [0.25, 0.3) is 16.9 Å². The first kappa shape index (κ1) is 17.9. The van der Waals surface area contributed by atoms with Crippen LogP contribution in [0.4, 0.5) is 11.4 Å². The number of nitro benzene ring substituents is 1. The van der Waals surface area contributed by atoms with Gasteiger partial charge in [0, 0.05) is 50.1 Å². The van der Waals surface area contributed by atoms with Crippen molar-refractivity contribution in [1.29, 1.82) is 0 Å². The molecule has 1 aromatic carbocycles. The minimum Gasteiger partial charge on any atom is -0.490 e. The van der Waals surface area contributed by atoms with E-state index in [9.17, 15) is 14.9 Å². The van der Waals surface area contributed by atoms with Crippen molar-refractivity contribution in [2.24, 2.45) is 0 Å². The lowest BCUT2D eigenvalue weighted by Gasteiger charge is -2.29. The Morgan fingerprint density at radius 3 is 2.68 bits per heavy atom. The van der Waals surface area contributed by atoms with Crippen LogP contribution >= 0.6 is 0 Å². The van der Waals surface area contributed by atoms with E-state index in [0.717, 1.165) is 31.9 Å². The Balaban J connectivity index is 1.76. The number of methoxy groups -OCH3 is 1. The average molecular weight is 381 g/mol. The number of fused-ring (bicyclic) bond motifs is 1. The summed E-state index contributed by atoms with van der Waals surface area (Å²) in [7, 11) is 1.37. The highest BCUT2D eigenvalue weighted by atomic mass is 16.6. The van der Waals surface area contributed by atoms with Crippen LogP contribution in [0.1, 0.15) is 0 Å². The normalized spacial score (nSPS) is 14.2. The molecule has 9 heteroatoms. The maximum Gasteiger partial charge on any atom is 0.311 e. The zero-order chi connectivity index (χ0) is 19.7. The Kier molecular flexibility index (Phi) is 4.66. The summed E-state index contributed by atoms with van der Waals surface area (Å²) in [6.45, 7) is 3.56. The molecule has 1 saturated heterocycles. The molecule has 4 rings (SSSR count). The van der Waals surface area contributed by atoms with E-state index in [4.69, 9.17) is 4.74 Å². The summed E-state index contributed by atoms with van der Waals surface area (Å²) in [5.74, 6) is 0.159. The largest absolute Gasteiger partial charge is 0.490 e. The van der Waals surface area contributed by atoms with Crippen LogP contribution in [0, 0.1) is 10.1 Å². The molecule has 0 saturated carbocycles. The number of aromatic nitrogens is 2. The molecule has 1 aliphatic rings. The molecule has 9 nitrogen and oxygen atoms in total. The fraction of sp³-hybridized carbons (Fsp3) is 0.263. The number of hydrogen-bond acceptors (Lipinski definition) is 7. The molecule has 0 spiro atoms. The minimum absolute atomic E-state index is 0.159. The second-order valence-electron chi connectivity index (χ2n) is 6.48. The Bertz CT molecular complexity index is 1110. The van der Waals surface area contributed by atoms with Crippen molar-refractivity contribution < 1.29 is 9.66 Å². The van der Waals surface area contributed by atoms with Crippen molar-refractivity contribution in [2.75, 3.05) is 38.2 Å². The molecular weight excluding hydrogens is 362 g/mol. The van der Waals surface area contributed by atoms with Gasteiger partial charge < -0.3 is 15.0 Å². The van der Waals surface area contributed by atoms with Crippen LogP contribution < -0.4 is 20.5 Å². The topological polar surface area (TPSA) is 102 Å². The number of benzene rings is 1. The number of pyridine rings is 1. The molecule has 0 atom stereocenters. The first-order valence-electron chi connectivity index (χ1n) is 8.89.